The summed E-state index contributed by atoms with van der Waals surface area (Å²) in [6.07, 6.45) is 2.52. The van der Waals surface area contributed by atoms with Gasteiger partial charge in [0.2, 0.25) is 5.91 Å². The summed E-state index contributed by atoms with van der Waals surface area (Å²) >= 11 is 1.68. The molecule has 0 atom stereocenters. The summed E-state index contributed by atoms with van der Waals surface area (Å²) in [4.78, 5) is 16.7. The van der Waals surface area contributed by atoms with Crippen molar-refractivity contribution in [2.24, 2.45) is 5.92 Å². The molecule has 25 heavy (non-hydrogen) atoms. The lowest BCUT2D eigenvalue weighted by Gasteiger charge is -2.32. The first-order valence-electron chi connectivity index (χ1n) is 8.94. The van der Waals surface area contributed by atoms with E-state index in [2.05, 4.69) is 46.1 Å². The third-order valence-electron chi connectivity index (χ3n) is 4.75. The van der Waals surface area contributed by atoms with Gasteiger partial charge in [0.1, 0.15) is 0 Å². The van der Waals surface area contributed by atoms with E-state index in [1.807, 2.05) is 24.1 Å². The molecule has 0 aliphatic carbocycles. The standard InChI is InChI=1S/C20H27N3OS/c1-16-7-10-23(11-8-16)19-5-3-18(4-6-19)21-20(24)14-22(2)13-17-9-12-25-15-17/h3-6,9,12,15-16H,7-8,10-11,13-14H2,1-2H3,(H,21,24). The molecule has 0 unspecified atom stereocenters. The fraction of sp³-hybridized carbons (Fsp3) is 0.450. The van der Waals surface area contributed by atoms with Gasteiger partial charge in [-0.1, -0.05) is 6.92 Å². The van der Waals surface area contributed by atoms with Crippen molar-refractivity contribution in [1.82, 2.24) is 4.90 Å². The van der Waals surface area contributed by atoms with E-state index in [4.69, 9.17) is 0 Å². The number of hydrogen-bond acceptors (Lipinski definition) is 4. The second kappa shape index (κ2) is 8.50. The Hall–Kier alpha value is -1.85. The Labute approximate surface area is 154 Å². The molecule has 3 rings (SSSR count). The molecule has 1 aromatic heterocycles. The lowest BCUT2D eigenvalue weighted by atomic mass is 9.99. The highest BCUT2D eigenvalue weighted by molar-refractivity contribution is 7.07. The monoisotopic (exact) mass is 357 g/mol. The van der Waals surface area contributed by atoms with Crippen LogP contribution in [-0.4, -0.2) is 37.5 Å². The van der Waals surface area contributed by atoms with Crippen molar-refractivity contribution in [2.75, 3.05) is 36.9 Å². The van der Waals surface area contributed by atoms with Crippen LogP contribution in [0, 0.1) is 5.92 Å². The number of carbonyl (C=O) groups is 1. The van der Waals surface area contributed by atoms with E-state index < -0.39 is 0 Å². The maximum absolute atomic E-state index is 12.2. The van der Waals surface area contributed by atoms with Gasteiger partial charge < -0.3 is 10.2 Å². The van der Waals surface area contributed by atoms with Crippen molar-refractivity contribution in [3.05, 3.63) is 46.7 Å². The van der Waals surface area contributed by atoms with Crippen LogP contribution in [0.4, 0.5) is 11.4 Å². The van der Waals surface area contributed by atoms with Crippen LogP contribution in [0.25, 0.3) is 0 Å². The molecule has 0 bridgehead atoms. The Morgan fingerprint density at radius 3 is 2.60 bits per heavy atom. The largest absolute Gasteiger partial charge is 0.372 e. The minimum absolute atomic E-state index is 0.0253. The van der Waals surface area contributed by atoms with Crippen LogP contribution >= 0.6 is 11.3 Å². The van der Waals surface area contributed by atoms with Crippen LogP contribution < -0.4 is 10.2 Å². The minimum atomic E-state index is 0.0253. The van der Waals surface area contributed by atoms with E-state index in [1.165, 1.54) is 24.1 Å². The fourth-order valence-corrected chi connectivity index (χ4v) is 3.88. The van der Waals surface area contributed by atoms with Crippen molar-refractivity contribution in [3.8, 4) is 0 Å². The van der Waals surface area contributed by atoms with Crippen molar-refractivity contribution in [2.45, 2.75) is 26.3 Å². The third kappa shape index (κ3) is 5.31. The van der Waals surface area contributed by atoms with E-state index in [-0.39, 0.29) is 5.91 Å². The number of rotatable bonds is 6. The molecule has 0 spiro atoms. The minimum Gasteiger partial charge on any atom is -0.372 e. The van der Waals surface area contributed by atoms with E-state index in [9.17, 15) is 4.79 Å². The summed E-state index contributed by atoms with van der Waals surface area (Å²) in [7, 11) is 1.97. The zero-order valence-corrected chi connectivity index (χ0v) is 15.9. The number of thiophene rings is 1. The van der Waals surface area contributed by atoms with Gasteiger partial charge in [-0.15, -0.1) is 0 Å². The van der Waals surface area contributed by atoms with Crippen LogP contribution in [-0.2, 0) is 11.3 Å². The first-order chi connectivity index (χ1) is 12.1. The Balaban J connectivity index is 1.48. The molecule has 5 heteroatoms. The van der Waals surface area contributed by atoms with Crippen molar-refractivity contribution >= 4 is 28.6 Å². The topological polar surface area (TPSA) is 35.6 Å². The van der Waals surface area contributed by atoms with E-state index >= 15 is 0 Å². The summed E-state index contributed by atoms with van der Waals surface area (Å²) in [6.45, 7) is 5.76. The molecule has 4 nitrogen and oxygen atoms in total. The molecule has 0 saturated carbocycles. The number of nitrogens with zero attached hydrogens (tertiary/aromatic N) is 2. The third-order valence-corrected chi connectivity index (χ3v) is 5.48. The highest BCUT2D eigenvalue weighted by Crippen LogP contribution is 2.24. The van der Waals surface area contributed by atoms with Gasteiger partial charge >= 0.3 is 0 Å². The number of nitrogens with one attached hydrogen (secondary N) is 1. The number of piperidine rings is 1. The first-order valence-corrected chi connectivity index (χ1v) is 9.89. The lowest BCUT2D eigenvalue weighted by molar-refractivity contribution is -0.117. The SMILES string of the molecule is CC1CCN(c2ccc(NC(=O)CN(C)Cc3ccsc3)cc2)CC1. The average molecular weight is 358 g/mol. The molecule has 1 saturated heterocycles. The number of benzene rings is 1. The van der Waals surface area contributed by atoms with Gasteiger partial charge in [-0.25, -0.2) is 0 Å². The van der Waals surface area contributed by atoms with Gasteiger partial charge in [0.05, 0.1) is 6.54 Å². The van der Waals surface area contributed by atoms with E-state index in [1.54, 1.807) is 11.3 Å². The first kappa shape index (κ1) is 18.0. The zero-order chi connectivity index (χ0) is 17.6. The smallest absolute Gasteiger partial charge is 0.238 e. The molecular formula is C20H27N3OS. The summed E-state index contributed by atoms with van der Waals surface area (Å²) in [5.74, 6) is 0.859. The number of likely N-dealkylation sites (N-methyl/N-ethyl adjacent to an activating group) is 1. The summed E-state index contributed by atoms with van der Waals surface area (Å²) < 4.78 is 0. The van der Waals surface area contributed by atoms with Crippen LogP contribution in [0.2, 0.25) is 0 Å². The summed E-state index contributed by atoms with van der Waals surface area (Å²) in [5, 5.41) is 7.18. The molecule has 1 aromatic carbocycles. The lowest BCUT2D eigenvalue weighted by Crippen LogP contribution is -2.32. The maximum Gasteiger partial charge on any atom is 0.238 e. The Bertz CT molecular complexity index is 661. The number of anilines is 2. The molecule has 0 radical (unpaired) electrons. The molecule has 2 aromatic rings. The second-order valence-corrected chi connectivity index (χ2v) is 7.85. The van der Waals surface area contributed by atoms with E-state index in [0.717, 1.165) is 31.2 Å². The molecule has 1 aliphatic heterocycles. The van der Waals surface area contributed by atoms with Crippen molar-refractivity contribution < 1.29 is 4.79 Å². The van der Waals surface area contributed by atoms with Gasteiger partial charge in [-0.3, -0.25) is 9.69 Å². The molecule has 1 aliphatic rings. The van der Waals surface area contributed by atoms with Gasteiger partial charge in [0.25, 0.3) is 0 Å². The Kier molecular flexibility index (Phi) is 6.10. The average Bonchev–Trinajstić information content (AvgIpc) is 3.09. The van der Waals surface area contributed by atoms with Crippen LogP contribution in [0.5, 0.6) is 0 Å². The number of carbonyl (C=O) groups excluding carboxylic acids is 1. The predicted octanol–water partition coefficient (Wildman–Crippen LogP) is 4.05. The number of hydrogen-bond donors (Lipinski definition) is 1. The Morgan fingerprint density at radius 1 is 1.24 bits per heavy atom. The molecule has 2 heterocycles. The van der Waals surface area contributed by atoms with Gasteiger partial charge in [-0.2, -0.15) is 11.3 Å². The fourth-order valence-electron chi connectivity index (χ4n) is 3.22. The van der Waals surface area contributed by atoms with E-state index in [0.29, 0.717) is 6.54 Å². The van der Waals surface area contributed by atoms with Gasteiger partial charge in [0, 0.05) is 31.0 Å². The van der Waals surface area contributed by atoms with Crippen molar-refractivity contribution in [1.29, 1.82) is 0 Å². The Morgan fingerprint density at radius 2 is 1.96 bits per heavy atom. The molecule has 134 valence electrons. The number of amides is 1. The molecular weight excluding hydrogens is 330 g/mol. The predicted molar refractivity (Wildman–Crippen MR) is 106 cm³/mol. The van der Waals surface area contributed by atoms with Crippen LogP contribution in [0.15, 0.2) is 41.1 Å². The highest BCUT2D eigenvalue weighted by Gasteiger charge is 2.16. The van der Waals surface area contributed by atoms with Gasteiger partial charge in [0.15, 0.2) is 0 Å². The maximum atomic E-state index is 12.2. The molecule has 1 fully saturated rings. The zero-order valence-electron chi connectivity index (χ0n) is 15.1. The van der Waals surface area contributed by atoms with Crippen LogP contribution in [0.3, 0.4) is 0 Å². The van der Waals surface area contributed by atoms with Crippen molar-refractivity contribution in [3.63, 3.8) is 0 Å². The summed E-state index contributed by atoms with van der Waals surface area (Å²) in [6, 6.07) is 10.3. The molecule has 1 N–H and O–H groups in total. The van der Waals surface area contributed by atoms with Gasteiger partial charge in [-0.05, 0) is 72.5 Å². The van der Waals surface area contributed by atoms with Crippen LogP contribution in [0.1, 0.15) is 25.3 Å². The normalized spacial score (nSPS) is 15.6. The summed E-state index contributed by atoms with van der Waals surface area (Å²) in [5.41, 5.74) is 3.36. The highest BCUT2D eigenvalue weighted by atomic mass is 32.1. The quantitative estimate of drug-likeness (QED) is 0.847. The molecule has 1 amide bonds. The second-order valence-electron chi connectivity index (χ2n) is 7.07.